The Balaban J connectivity index is 2.94. The fourth-order valence-electron chi connectivity index (χ4n) is 1.01. The summed E-state index contributed by atoms with van der Waals surface area (Å²) in [4.78, 5) is 3.97. The van der Waals surface area contributed by atoms with Crippen molar-refractivity contribution in [2.45, 2.75) is 19.9 Å². The first-order valence-corrected chi connectivity index (χ1v) is 4.36. The summed E-state index contributed by atoms with van der Waals surface area (Å²) >= 11 is 5.87. The van der Waals surface area contributed by atoms with Gasteiger partial charge in [0.25, 0.3) is 0 Å². The zero-order valence-corrected chi connectivity index (χ0v) is 8.05. The minimum absolute atomic E-state index is 0.0220. The predicted molar refractivity (Wildman–Crippen MR) is 51.0 cm³/mol. The summed E-state index contributed by atoms with van der Waals surface area (Å²) in [6.45, 7) is 4.13. The Morgan fingerprint density at radius 1 is 1.50 bits per heavy atom. The van der Waals surface area contributed by atoms with Gasteiger partial charge in [0.1, 0.15) is 5.15 Å². The Morgan fingerprint density at radius 3 is 2.67 bits per heavy atom. The summed E-state index contributed by atoms with van der Waals surface area (Å²) in [7, 11) is 0. The maximum absolute atomic E-state index is 5.91. The second kappa shape index (κ2) is 3.87. The number of hydrogen-bond acceptors (Lipinski definition) is 2. The Morgan fingerprint density at radius 2 is 2.17 bits per heavy atom. The Hall–Kier alpha value is -0.600. The lowest BCUT2D eigenvalue weighted by atomic mass is 9.99. The van der Waals surface area contributed by atoms with Gasteiger partial charge in [-0.15, -0.1) is 0 Å². The highest BCUT2D eigenvalue weighted by atomic mass is 35.5. The van der Waals surface area contributed by atoms with Gasteiger partial charge in [0.15, 0.2) is 0 Å². The number of rotatable bonds is 2. The number of halogens is 1. The SMILES string of the molecule is CC(C)[C@@H](N)c1cccnc1Cl. The fourth-order valence-corrected chi connectivity index (χ4v) is 1.25. The average molecular weight is 185 g/mol. The molecule has 0 amide bonds. The van der Waals surface area contributed by atoms with Crippen LogP contribution < -0.4 is 5.73 Å². The van der Waals surface area contributed by atoms with Gasteiger partial charge in [-0.2, -0.15) is 0 Å². The van der Waals surface area contributed by atoms with E-state index in [0.717, 1.165) is 5.56 Å². The molecule has 0 aliphatic heterocycles. The average Bonchev–Trinajstić information content (AvgIpc) is 2.04. The molecular weight excluding hydrogens is 172 g/mol. The van der Waals surface area contributed by atoms with Crippen LogP contribution in [0.4, 0.5) is 0 Å². The molecule has 66 valence electrons. The van der Waals surface area contributed by atoms with Crippen LogP contribution in [-0.4, -0.2) is 4.98 Å². The maximum atomic E-state index is 5.91. The molecule has 0 aliphatic rings. The zero-order chi connectivity index (χ0) is 9.14. The molecule has 3 heteroatoms. The van der Waals surface area contributed by atoms with Crippen LogP contribution in [0.15, 0.2) is 18.3 Å². The van der Waals surface area contributed by atoms with E-state index in [1.54, 1.807) is 6.20 Å². The van der Waals surface area contributed by atoms with Gasteiger partial charge in [-0.05, 0) is 12.0 Å². The topological polar surface area (TPSA) is 38.9 Å². The van der Waals surface area contributed by atoms with Crippen LogP contribution in [0.2, 0.25) is 5.15 Å². The summed E-state index contributed by atoms with van der Waals surface area (Å²) in [5.41, 5.74) is 6.84. The van der Waals surface area contributed by atoms with Crippen molar-refractivity contribution in [1.29, 1.82) is 0 Å². The Labute approximate surface area is 77.8 Å². The van der Waals surface area contributed by atoms with Gasteiger partial charge in [-0.3, -0.25) is 0 Å². The first-order chi connectivity index (χ1) is 5.63. The molecule has 1 atom stereocenters. The maximum Gasteiger partial charge on any atom is 0.133 e. The second-order valence-electron chi connectivity index (χ2n) is 3.15. The van der Waals surface area contributed by atoms with E-state index in [-0.39, 0.29) is 6.04 Å². The molecular formula is C9H13ClN2. The van der Waals surface area contributed by atoms with Crippen LogP contribution in [0.1, 0.15) is 25.5 Å². The molecule has 0 saturated heterocycles. The van der Waals surface area contributed by atoms with Crippen molar-refractivity contribution in [1.82, 2.24) is 4.98 Å². The van der Waals surface area contributed by atoms with Gasteiger partial charge in [0, 0.05) is 17.8 Å². The standard InChI is InChI=1S/C9H13ClN2/c1-6(2)8(11)7-4-3-5-12-9(7)10/h3-6,8H,11H2,1-2H3/t8-/m1/s1. The van der Waals surface area contributed by atoms with Crippen LogP contribution in [0, 0.1) is 5.92 Å². The summed E-state index contributed by atoms with van der Waals surface area (Å²) in [5, 5.41) is 0.513. The molecule has 12 heavy (non-hydrogen) atoms. The van der Waals surface area contributed by atoms with E-state index in [9.17, 15) is 0 Å². The first kappa shape index (κ1) is 9.49. The summed E-state index contributed by atoms with van der Waals surface area (Å²) in [6.07, 6.45) is 1.67. The molecule has 0 aromatic carbocycles. The van der Waals surface area contributed by atoms with E-state index in [1.165, 1.54) is 0 Å². The van der Waals surface area contributed by atoms with E-state index in [1.807, 2.05) is 12.1 Å². The summed E-state index contributed by atoms with van der Waals surface area (Å²) in [6, 6.07) is 3.75. The van der Waals surface area contributed by atoms with Crippen molar-refractivity contribution in [2.75, 3.05) is 0 Å². The number of hydrogen-bond donors (Lipinski definition) is 1. The third-order valence-electron chi connectivity index (χ3n) is 1.87. The largest absolute Gasteiger partial charge is 0.324 e. The highest BCUT2D eigenvalue weighted by molar-refractivity contribution is 6.30. The summed E-state index contributed by atoms with van der Waals surface area (Å²) < 4.78 is 0. The number of aromatic nitrogens is 1. The van der Waals surface area contributed by atoms with E-state index in [0.29, 0.717) is 11.1 Å². The fraction of sp³-hybridized carbons (Fsp3) is 0.444. The lowest BCUT2D eigenvalue weighted by molar-refractivity contribution is 0.513. The van der Waals surface area contributed by atoms with Gasteiger partial charge in [0.05, 0.1) is 0 Å². The molecule has 0 spiro atoms. The molecule has 1 heterocycles. The quantitative estimate of drug-likeness (QED) is 0.717. The third-order valence-corrected chi connectivity index (χ3v) is 2.18. The van der Waals surface area contributed by atoms with Crippen LogP contribution in [-0.2, 0) is 0 Å². The first-order valence-electron chi connectivity index (χ1n) is 3.99. The van der Waals surface area contributed by atoms with E-state index in [4.69, 9.17) is 17.3 Å². The second-order valence-corrected chi connectivity index (χ2v) is 3.51. The van der Waals surface area contributed by atoms with Gasteiger partial charge >= 0.3 is 0 Å². The van der Waals surface area contributed by atoms with Crippen molar-refractivity contribution in [2.24, 2.45) is 11.7 Å². The highest BCUT2D eigenvalue weighted by Crippen LogP contribution is 2.23. The molecule has 1 aromatic rings. The Bertz CT molecular complexity index is 260. The van der Waals surface area contributed by atoms with E-state index in [2.05, 4.69) is 18.8 Å². The van der Waals surface area contributed by atoms with Gasteiger partial charge in [-0.1, -0.05) is 31.5 Å². The van der Waals surface area contributed by atoms with Gasteiger partial charge < -0.3 is 5.73 Å². The minimum Gasteiger partial charge on any atom is -0.324 e. The van der Waals surface area contributed by atoms with Crippen LogP contribution in [0.25, 0.3) is 0 Å². The van der Waals surface area contributed by atoms with Crippen molar-refractivity contribution in [3.63, 3.8) is 0 Å². The minimum atomic E-state index is -0.0220. The van der Waals surface area contributed by atoms with Crippen LogP contribution >= 0.6 is 11.6 Å². The van der Waals surface area contributed by atoms with Crippen molar-refractivity contribution in [3.8, 4) is 0 Å². The smallest absolute Gasteiger partial charge is 0.133 e. The predicted octanol–water partition coefficient (Wildman–Crippen LogP) is 2.39. The number of pyridine rings is 1. The Kier molecular flexibility index (Phi) is 3.06. The lowest BCUT2D eigenvalue weighted by Crippen LogP contribution is -2.17. The molecule has 0 unspecified atom stereocenters. The van der Waals surface area contributed by atoms with E-state index >= 15 is 0 Å². The molecule has 1 aromatic heterocycles. The normalized spacial score (nSPS) is 13.4. The van der Waals surface area contributed by atoms with Crippen molar-refractivity contribution >= 4 is 11.6 Å². The van der Waals surface area contributed by atoms with Gasteiger partial charge in [-0.25, -0.2) is 4.98 Å². The molecule has 0 radical (unpaired) electrons. The van der Waals surface area contributed by atoms with Crippen LogP contribution in [0.5, 0.6) is 0 Å². The van der Waals surface area contributed by atoms with Crippen LogP contribution in [0.3, 0.4) is 0 Å². The van der Waals surface area contributed by atoms with E-state index < -0.39 is 0 Å². The van der Waals surface area contributed by atoms with Crippen molar-refractivity contribution < 1.29 is 0 Å². The summed E-state index contributed by atoms with van der Waals surface area (Å²) in [5.74, 6) is 0.381. The number of nitrogens with zero attached hydrogens (tertiary/aromatic N) is 1. The lowest BCUT2D eigenvalue weighted by Gasteiger charge is -2.16. The molecule has 2 nitrogen and oxygen atoms in total. The zero-order valence-electron chi connectivity index (χ0n) is 7.29. The molecule has 0 fully saturated rings. The molecule has 0 saturated carbocycles. The number of nitrogens with two attached hydrogens (primary N) is 1. The molecule has 0 aliphatic carbocycles. The highest BCUT2D eigenvalue weighted by Gasteiger charge is 2.13. The monoisotopic (exact) mass is 184 g/mol. The third kappa shape index (κ3) is 1.96. The van der Waals surface area contributed by atoms with Crippen molar-refractivity contribution in [3.05, 3.63) is 29.0 Å². The molecule has 2 N–H and O–H groups in total. The van der Waals surface area contributed by atoms with Gasteiger partial charge in [0.2, 0.25) is 0 Å². The molecule has 1 rings (SSSR count). The molecule has 0 bridgehead atoms.